The predicted molar refractivity (Wildman–Crippen MR) is 278 cm³/mol. The minimum atomic E-state index is -1.75. The van der Waals surface area contributed by atoms with E-state index in [4.69, 9.17) is 7.85 Å². The Morgan fingerprint density at radius 1 is 0.279 bits per heavy atom. The predicted octanol–water partition coefficient (Wildman–Crippen LogP) is 12.9. The van der Waals surface area contributed by atoms with Crippen LogP contribution in [0.5, 0.6) is 0 Å². The van der Waals surface area contributed by atoms with Gasteiger partial charge in [-0.15, -0.1) is 0 Å². The highest BCUT2D eigenvalue weighted by molar-refractivity contribution is 9.10. The number of aliphatic hydroxyl groups is 2. The fourth-order valence-corrected chi connectivity index (χ4v) is 12.9. The van der Waals surface area contributed by atoms with Crippen LogP contribution in [-0.2, 0) is 22.0 Å². The van der Waals surface area contributed by atoms with Gasteiger partial charge in [-0.2, -0.15) is 0 Å². The summed E-state index contributed by atoms with van der Waals surface area (Å²) in [5, 5.41) is 28.4. The third-order valence-electron chi connectivity index (χ3n) is 15.3. The van der Waals surface area contributed by atoms with E-state index in [1.54, 1.807) is 0 Å². The fourth-order valence-electron chi connectivity index (χ4n) is 12.6. The van der Waals surface area contributed by atoms with E-state index in [-0.39, 0.29) is 0 Å². The van der Waals surface area contributed by atoms with E-state index < -0.39 is 22.0 Å². The van der Waals surface area contributed by atoms with Gasteiger partial charge in [0.1, 0.15) is 19.0 Å². The lowest BCUT2D eigenvalue weighted by atomic mass is 9.61. The molecule has 13 rings (SSSR count). The van der Waals surface area contributed by atoms with Crippen LogP contribution in [0.4, 0.5) is 0 Å². The number of benzene rings is 10. The lowest BCUT2D eigenvalue weighted by Crippen LogP contribution is -2.45. The Labute approximate surface area is 406 Å². The first-order valence-electron chi connectivity index (χ1n) is 23.2. The molecule has 2 N–H and O–H groups in total. The second-order valence-corrected chi connectivity index (χ2v) is 19.4. The van der Waals surface area contributed by atoms with Gasteiger partial charge in [-0.1, -0.05) is 252 Å². The zero-order chi connectivity index (χ0) is 45.8. The molecular weight excluding hydrogens is 891 g/mol. The summed E-state index contributed by atoms with van der Waals surface area (Å²) in [6.07, 6.45) is 0. The molecule has 10 aromatic carbocycles. The van der Waals surface area contributed by atoms with Crippen molar-refractivity contribution in [2.45, 2.75) is 22.0 Å². The first-order chi connectivity index (χ1) is 33.3. The van der Waals surface area contributed by atoms with Crippen molar-refractivity contribution >= 4 is 29.2 Å². The maximum Gasteiger partial charge on any atom is 0.141 e. The molecule has 0 aliphatic heterocycles. The number of halogens is 1. The molecule has 2 atom stereocenters. The van der Waals surface area contributed by atoms with Crippen molar-refractivity contribution in [3.05, 3.63) is 325 Å². The van der Waals surface area contributed by atoms with Gasteiger partial charge in [-0.3, -0.25) is 0 Å². The molecule has 2 nitrogen and oxygen atoms in total. The van der Waals surface area contributed by atoms with E-state index in [2.05, 4.69) is 222 Å². The van der Waals surface area contributed by atoms with Crippen LogP contribution in [0, 0.1) is 0 Å². The molecular formula is C64H42BBrO2. The highest BCUT2D eigenvalue weighted by Gasteiger charge is 2.54. The van der Waals surface area contributed by atoms with Gasteiger partial charge in [0.25, 0.3) is 0 Å². The molecule has 10 aromatic rings. The van der Waals surface area contributed by atoms with Gasteiger partial charge in [0, 0.05) is 10.0 Å². The van der Waals surface area contributed by atoms with Gasteiger partial charge in [-0.05, 0) is 107 Å². The molecule has 2 unspecified atom stereocenters. The Morgan fingerprint density at radius 3 is 1.06 bits per heavy atom. The van der Waals surface area contributed by atoms with E-state index >= 15 is 0 Å². The van der Waals surface area contributed by atoms with Crippen LogP contribution in [0.15, 0.2) is 247 Å². The minimum Gasteiger partial charge on any atom is -0.376 e. The number of fused-ring (bicyclic) bond motifs is 8. The Hall–Kier alpha value is -7.34. The lowest BCUT2D eigenvalue weighted by Gasteiger charge is -2.46. The Morgan fingerprint density at radius 2 is 0.632 bits per heavy atom. The summed E-state index contributed by atoms with van der Waals surface area (Å²) < 4.78 is 0.781. The zero-order valence-electron chi connectivity index (χ0n) is 36.9. The van der Waals surface area contributed by atoms with Crippen molar-refractivity contribution in [3.8, 4) is 22.3 Å². The highest BCUT2D eigenvalue weighted by atomic mass is 79.9. The average Bonchev–Trinajstić information content (AvgIpc) is 3.87. The first kappa shape index (κ1) is 40.9. The van der Waals surface area contributed by atoms with Crippen molar-refractivity contribution in [1.82, 2.24) is 0 Å². The van der Waals surface area contributed by atoms with Crippen molar-refractivity contribution < 1.29 is 10.2 Å². The van der Waals surface area contributed by atoms with Crippen molar-refractivity contribution in [3.63, 3.8) is 0 Å². The normalized spacial score (nSPS) is 18.6. The lowest BCUT2D eigenvalue weighted by molar-refractivity contribution is 0.0747. The Bertz CT molecular complexity index is 3310. The summed E-state index contributed by atoms with van der Waals surface area (Å²) in [5.74, 6) is 0. The number of rotatable bonds is 6. The molecule has 0 fully saturated rings. The van der Waals surface area contributed by atoms with Gasteiger partial charge >= 0.3 is 0 Å². The second-order valence-electron chi connectivity index (χ2n) is 18.5. The molecule has 4 heteroatoms. The van der Waals surface area contributed by atoms with E-state index in [0.717, 1.165) is 60.1 Å². The van der Waals surface area contributed by atoms with Gasteiger partial charge in [0.15, 0.2) is 0 Å². The number of hydrogen-bond acceptors (Lipinski definition) is 2. The molecule has 0 heterocycles. The molecule has 320 valence electrons. The minimum absolute atomic E-state index is 0.484. The van der Waals surface area contributed by atoms with Gasteiger partial charge in [0.05, 0.1) is 10.8 Å². The third-order valence-corrected chi connectivity index (χ3v) is 15.8. The van der Waals surface area contributed by atoms with Crippen LogP contribution in [-0.4, -0.2) is 18.1 Å². The standard InChI is InChI=1S/C64H42BBrO2/c65-47-31-35-55-59(39-47)63(67,45-29-33-51-49-25-13-15-27-53(49)61(57(51)37-45,41-17-5-1-6-18-41)42-19-7-2-8-20-42)56-36-32-48(66)40-60(56)64(55,68)46-30-34-52-50-26-14-16-28-54(50)62(58(52)38-46,43-21-9-3-10-22-43)44-23-11-4-12-24-44/h1-40,67-68H. The maximum absolute atomic E-state index is 14.2. The molecule has 0 aromatic heterocycles. The molecule has 2 radical (unpaired) electrons. The monoisotopic (exact) mass is 932 g/mol. The van der Waals surface area contributed by atoms with Crippen LogP contribution in [0.2, 0.25) is 0 Å². The van der Waals surface area contributed by atoms with Crippen LogP contribution in [0.25, 0.3) is 22.3 Å². The summed E-state index contributed by atoms with van der Waals surface area (Å²) in [6, 6.07) is 84.5. The van der Waals surface area contributed by atoms with Gasteiger partial charge < -0.3 is 10.2 Å². The summed E-state index contributed by atoms with van der Waals surface area (Å²) >= 11 is 3.82. The SMILES string of the molecule is [B]c1ccc2c(c1)C(O)(c1ccc3c(c1)C(c1ccccc1)(c1ccccc1)c1ccccc1-3)c1ccc(Br)cc1C2(O)c1ccc2c(c1)C(c1ccccc1)(c1ccccc1)c1ccccc1-2. The maximum atomic E-state index is 14.2. The Kier molecular flexibility index (Phi) is 9.07. The van der Waals surface area contributed by atoms with Crippen molar-refractivity contribution in [2.75, 3.05) is 0 Å². The quantitative estimate of drug-likeness (QED) is 0.163. The molecule has 0 spiro atoms. The van der Waals surface area contributed by atoms with Gasteiger partial charge in [0.2, 0.25) is 0 Å². The zero-order valence-corrected chi connectivity index (χ0v) is 38.5. The van der Waals surface area contributed by atoms with E-state index in [0.29, 0.717) is 38.8 Å². The molecule has 0 bridgehead atoms. The van der Waals surface area contributed by atoms with Crippen molar-refractivity contribution in [2.24, 2.45) is 0 Å². The molecule has 68 heavy (non-hydrogen) atoms. The summed E-state index contributed by atoms with van der Waals surface area (Å²) in [6.45, 7) is 0. The summed E-state index contributed by atoms with van der Waals surface area (Å²) in [5.41, 5.74) is 12.8. The molecule has 0 saturated carbocycles. The smallest absolute Gasteiger partial charge is 0.141 e. The third kappa shape index (κ3) is 5.37. The van der Waals surface area contributed by atoms with Crippen LogP contribution in [0.1, 0.15) is 77.9 Å². The fraction of sp³-hybridized carbons (Fsp3) is 0.0625. The van der Waals surface area contributed by atoms with Crippen LogP contribution >= 0.6 is 15.9 Å². The molecule has 0 saturated heterocycles. The van der Waals surface area contributed by atoms with E-state index in [1.165, 1.54) is 11.1 Å². The highest BCUT2D eigenvalue weighted by Crippen LogP contribution is 2.61. The van der Waals surface area contributed by atoms with Crippen LogP contribution in [0.3, 0.4) is 0 Å². The largest absolute Gasteiger partial charge is 0.376 e. The molecule has 3 aliphatic carbocycles. The Balaban J connectivity index is 1.08. The topological polar surface area (TPSA) is 40.5 Å². The first-order valence-corrected chi connectivity index (χ1v) is 24.0. The summed E-state index contributed by atoms with van der Waals surface area (Å²) in [4.78, 5) is 0. The van der Waals surface area contributed by atoms with E-state index in [9.17, 15) is 10.2 Å². The molecule has 3 aliphatic rings. The average molecular weight is 934 g/mol. The van der Waals surface area contributed by atoms with Crippen LogP contribution < -0.4 is 5.46 Å². The summed E-state index contributed by atoms with van der Waals surface area (Å²) in [7, 11) is 6.78. The van der Waals surface area contributed by atoms with Gasteiger partial charge in [-0.25, -0.2) is 0 Å². The van der Waals surface area contributed by atoms with E-state index in [1.807, 2.05) is 36.4 Å². The molecule has 0 amide bonds. The van der Waals surface area contributed by atoms with Crippen molar-refractivity contribution in [1.29, 1.82) is 0 Å². The second kappa shape index (κ2) is 15.1. The number of hydrogen-bond donors (Lipinski definition) is 2.